The van der Waals surface area contributed by atoms with Crippen LogP contribution in [0.15, 0.2) is 84.0 Å². The number of anilines is 2. The van der Waals surface area contributed by atoms with Gasteiger partial charge in [0, 0.05) is 95.7 Å². The molecule has 1 spiro atoms. The Balaban J connectivity index is 1.01. The highest BCUT2D eigenvalue weighted by Gasteiger charge is 2.57. The molecule has 4 bridgehead atoms. The van der Waals surface area contributed by atoms with Crippen molar-refractivity contribution >= 4 is 23.5 Å². The zero-order valence-corrected chi connectivity index (χ0v) is 34.3. The van der Waals surface area contributed by atoms with Crippen molar-refractivity contribution in [3.63, 3.8) is 0 Å². The molecule has 2 heterocycles. The van der Waals surface area contributed by atoms with Crippen molar-refractivity contribution < 1.29 is 24.5 Å². The molecule has 10 rings (SSSR count). The maximum Gasteiger partial charge on any atom is 0.275 e. The number of hydrogen-bond donors (Lipinski definition) is 3. The van der Waals surface area contributed by atoms with Gasteiger partial charge in [-0.25, -0.2) is 5.01 Å². The first-order valence-electron chi connectivity index (χ1n) is 21.5. The van der Waals surface area contributed by atoms with Crippen molar-refractivity contribution in [3.05, 3.63) is 107 Å². The number of amides is 1. The largest absolute Gasteiger partial charge is 0.507 e. The Labute approximate surface area is 342 Å². The summed E-state index contributed by atoms with van der Waals surface area (Å²) in [5.74, 6) is 3.99. The van der Waals surface area contributed by atoms with Crippen LogP contribution in [0.1, 0.15) is 98.8 Å². The van der Waals surface area contributed by atoms with E-state index in [1.165, 1.54) is 44.7 Å². The van der Waals surface area contributed by atoms with Crippen LogP contribution in [-0.4, -0.2) is 78.3 Å². The van der Waals surface area contributed by atoms with Gasteiger partial charge in [0.1, 0.15) is 41.2 Å². The molecule has 6 aliphatic rings. The highest BCUT2D eigenvalue weighted by molar-refractivity contribution is 6.03. The third kappa shape index (κ3) is 6.49. The number of β-amino-alcohol motifs (C(OH)–C–C–N with tert-alkyl or cyclic N) is 1. The summed E-state index contributed by atoms with van der Waals surface area (Å²) < 4.78 is 12.8. The maximum absolute atomic E-state index is 14.6. The second-order valence-electron chi connectivity index (χ2n) is 17.2. The van der Waals surface area contributed by atoms with E-state index in [-0.39, 0.29) is 23.8 Å². The van der Waals surface area contributed by atoms with Crippen LogP contribution in [0.5, 0.6) is 23.0 Å². The van der Waals surface area contributed by atoms with Gasteiger partial charge in [-0.15, -0.1) is 0 Å². The number of rotatable bonds is 14. The Hall–Kier alpha value is -5.06. The summed E-state index contributed by atoms with van der Waals surface area (Å²) in [6, 6.07) is 25.2. The van der Waals surface area contributed by atoms with Crippen LogP contribution in [-0.2, 0) is 5.54 Å². The number of nitrogens with zero attached hydrogens (tertiary/aromatic N) is 4. The summed E-state index contributed by atoms with van der Waals surface area (Å²) >= 11 is 0. The van der Waals surface area contributed by atoms with Gasteiger partial charge in [-0.3, -0.25) is 4.79 Å². The highest BCUT2D eigenvalue weighted by atomic mass is 16.5. The molecule has 0 aromatic heterocycles. The van der Waals surface area contributed by atoms with Crippen LogP contribution in [0.3, 0.4) is 0 Å². The van der Waals surface area contributed by atoms with Gasteiger partial charge in [0.2, 0.25) is 0 Å². The third-order valence-corrected chi connectivity index (χ3v) is 13.8. The molecule has 10 heteroatoms. The Kier molecular flexibility index (Phi) is 10.1. The fourth-order valence-corrected chi connectivity index (χ4v) is 11.4. The fraction of sp³-hybridized carbons (Fsp3) is 0.458. The molecule has 10 nitrogen and oxygen atoms in total. The van der Waals surface area contributed by atoms with Crippen LogP contribution < -0.4 is 24.6 Å². The number of aliphatic hydroxyl groups excluding tert-OH is 1. The number of hydrazone groups is 1. The molecular formula is C48H57N5O5. The summed E-state index contributed by atoms with van der Waals surface area (Å²) in [7, 11) is 0. The normalized spacial score (nSPS) is 23.8. The second-order valence-corrected chi connectivity index (χ2v) is 17.2. The van der Waals surface area contributed by atoms with Crippen molar-refractivity contribution in [2.45, 2.75) is 83.4 Å². The minimum Gasteiger partial charge on any atom is -0.507 e. The lowest BCUT2D eigenvalue weighted by Crippen LogP contribution is -2.59. The van der Waals surface area contributed by atoms with E-state index in [1.54, 1.807) is 23.2 Å². The molecule has 1 atom stereocenters. The standard InChI is InChI=1S/C48H57N5O5/c1-5-51(6-2)35-14-17-41-44(22-35)58-45-23-36(52(7-3)8-4)15-18-42(45)48(41)40-12-10-9-11-39(40)46(56)53(48)50-28-34-13-16-38(24-43(34)55)57-30-37(54)29-49-47-25-31-19-32(26-47)21-33(20-31)27-47/h9-18,22-24,28,31-33,37,49,54-55H,5-8,19-21,25-27,29-30H2,1-4H3/b50-28+. The minimum atomic E-state index is -1.14. The molecule has 4 aromatic rings. The maximum atomic E-state index is 14.6. The van der Waals surface area contributed by atoms with E-state index in [2.05, 4.69) is 79.2 Å². The van der Waals surface area contributed by atoms with Crippen LogP contribution >= 0.6 is 0 Å². The lowest BCUT2D eigenvalue weighted by Gasteiger charge is -2.57. The van der Waals surface area contributed by atoms with E-state index in [0.717, 1.165) is 72.0 Å². The van der Waals surface area contributed by atoms with Gasteiger partial charge in [-0.2, -0.15) is 5.10 Å². The first-order valence-corrected chi connectivity index (χ1v) is 21.5. The summed E-state index contributed by atoms with van der Waals surface area (Å²) in [6.45, 7) is 12.5. The number of benzene rings is 4. The smallest absolute Gasteiger partial charge is 0.275 e. The van der Waals surface area contributed by atoms with Crippen LogP contribution in [0, 0.1) is 17.8 Å². The number of phenols is 1. The highest BCUT2D eigenvalue weighted by Crippen LogP contribution is 2.59. The average Bonchev–Trinajstić information content (AvgIpc) is 3.46. The summed E-state index contributed by atoms with van der Waals surface area (Å²) in [6.07, 6.45) is 8.68. The number of carbonyl (C=O) groups is 1. The minimum absolute atomic E-state index is 0.0406. The molecule has 4 aliphatic carbocycles. The molecule has 4 fully saturated rings. The van der Waals surface area contributed by atoms with Crippen LogP contribution in [0.25, 0.3) is 0 Å². The first-order chi connectivity index (χ1) is 28.2. The Morgan fingerprint density at radius 3 is 1.98 bits per heavy atom. The van der Waals surface area contributed by atoms with E-state index in [4.69, 9.17) is 14.6 Å². The number of hydrogen-bond acceptors (Lipinski definition) is 9. The number of ether oxygens (including phenoxy) is 2. The fourth-order valence-electron chi connectivity index (χ4n) is 11.4. The number of fused-ring (bicyclic) bond motifs is 6. The molecule has 304 valence electrons. The molecule has 1 amide bonds. The van der Waals surface area contributed by atoms with E-state index in [1.807, 2.05) is 24.3 Å². The van der Waals surface area contributed by atoms with Gasteiger partial charge in [0.05, 0.1) is 6.21 Å². The lowest BCUT2D eigenvalue weighted by molar-refractivity contribution is -0.0266. The first kappa shape index (κ1) is 38.5. The Morgan fingerprint density at radius 2 is 1.41 bits per heavy atom. The van der Waals surface area contributed by atoms with Crippen molar-refractivity contribution in [2.24, 2.45) is 22.9 Å². The predicted octanol–water partition coefficient (Wildman–Crippen LogP) is 8.27. The summed E-state index contributed by atoms with van der Waals surface area (Å²) in [4.78, 5) is 19.2. The molecule has 3 N–H and O–H groups in total. The van der Waals surface area contributed by atoms with E-state index < -0.39 is 11.6 Å². The van der Waals surface area contributed by atoms with Gasteiger partial charge >= 0.3 is 0 Å². The third-order valence-electron chi connectivity index (χ3n) is 13.8. The van der Waals surface area contributed by atoms with E-state index in [9.17, 15) is 15.0 Å². The van der Waals surface area contributed by atoms with Gasteiger partial charge in [0.15, 0.2) is 0 Å². The number of aromatic hydroxyl groups is 1. The zero-order chi connectivity index (χ0) is 40.2. The molecule has 4 saturated carbocycles. The van der Waals surface area contributed by atoms with E-state index >= 15 is 0 Å². The number of phenolic OH excluding ortho intramolecular Hbond substituents is 1. The van der Waals surface area contributed by atoms with Crippen LogP contribution in [0.4, 0.5) is 11.4 Å². The molecule has 58 heavy (non-hydrogen) atoms. The molecule has 4 aromatic carbocycles. The second kappa shape index (κ2) is 15.3. The summed E-state index contributed by atoms with van der Waals surface area (Å²) in [5, 5.41) is 32.4. The molecule has 0 saturated heterocycles. The SMILES string of the molecule is CCN(CC)c1ccc2c(c1)Oc1cc(N(CC)CC)ccc1C21c2ccccc2C(=O)N1/N=C/c1ccc(OCC(O)CNC23CC4CC(CC(C4)C2)C3)cc1O. The topological polar surface area (TPSA) is 110 Å². The van der Waals surface area contributed by atoms with Gasteiger partial charge in [-0.1, -0.05) is 30.3 Å². The van der Waals surface area contributed by atoms with Gasteiger partial charge in [0.25, 0.3) is 5.91 Å². The van der Waals surface area contributed by atoms with Gasteiger partial charge < -0.3 is 34.8 Å². The molecule has 2 aliphatic heterocycles. The molecule has 0 radical (unpaired) electrons. The lowest BCUT2D eigenvalue weighted by atomic mass is 9.53. The van der Waals surface area contributed by atoms with Crippen molar-refractivity contribution in [1.82, 2.24) is 10.3 Å². The van der Waals surface area contributed by atoms with E-state index in [0.29, 0.717) is 34.9 Å². The van der Waals surface area contributed by atoms with Gasteiger partial charge in [-0.05, 0) is 114 Å². The number of carbonyl (C=O) groups excluding carboxylic acids is 1. The summed E-state index contributed by atoms with van der Waals surface area (Å²) in [5.41, 5.74) is 4.52. The predicted molar refractivity (Wildman–Crippen MR) is 229 cm³/mol. The van der Waals surface area contributed by atoms with Crippen molar-refractivity contribution in [3.8, 4) is 23.0 Å². The van der Waals surface area contributed by atoms with Crippen LogP contribution in [0.2, 0.25) is 0 Å². The van der Waals surface area contributed by atoms with Crippen molar-refractivity contribution in [1.29, 1.82) is 0 Å². The number of aliphatic hydroxyl groups is 1. The zero-order valence-electron chi connectivity index (χ0n) is 34.3. The average molecular weight is 784 g/mol. The Morgan fingerprint density at radius 1 is 0.828 bits per heavy atom. The van der Waals surface area contributed by atoms with Crippen molar-refractivity contribution in [2.75, 3.05) is 49.1 Å². The molecule has 1 unspecified atom stereocenters. The molecular weight excluding hydrogens is 727 g/mol. The quantitative estimate of drug-likeness (QED) is 0.110. The monoisotopic (exact) mass is 783 g/mol. The number of nitrogens with one attached hydrogen (secondary N) is 1. The Bertz CT molecular complexity index is 2120.